The third-order valence-corrected chi connectivity index (χ3v) is 3.45. The average molecular weight is 232 g/mol. The summed E-state index contributed by atoms with van der Waals surface area (Å²) in [6.45, 7) is 0. The number of hydrogen-bond donors (Lipinski definition) is 0. The molecular weight excluding hydrogens is 220 g/mol. The Morgan fingerprint density at radius 2 is 1.67 bits per heavy atom. The Bertz CT molecular complexity index is 751. The molecule has 2 aromatic carbocycles. The fourth-order valence-electron chi connectivity index (χ4n) is 2.56. The largest absolute Gasteiger partial charge is 0.303 e. The van der Waals surface area contributed by atoms with Crippen LogP contribution in [0.1, 0.15) is 11.4 Å². The minimum absolute atomic E-state index is 0.915. The number of rotatable bonds is 1. The van der Waals surface area contributed by atoms with E-state index >= 15 is 0 Å². The molecule has 1 aliphatic rings. The average Bonchev–Trinajstić information content (AvgIpc) is 2.97. The van der Waals surface area contributed by atoms with Crippen molar-refractivity contribution in [1.29, 1.82) is 0 Å². The highest BCUT2D eigenvalue weighted by Gasteiger charge is 2.17. The maximum Gasteiger partial charge on any atom is 0.118 e. The number of hydrogen-bond acceptors (Lipinski definition) is 1. The van der Waals surface area contributed by atoms with Crippen LogP contribution in [-0.4, -0.2) is 9.55 Å². The molecule has 0 bridgehead atoms. The molecule has 4 rings (SSSR count). The highest BCUT2D eigenvalue weighted by Crippen LogP contribution is 2.29. The van der Waals surface area contributed by atoms with E-state index in [1.807, 2.05) is 12.1 Å². The molecule has 0 unspecified atom stereocenters. The highest BCUT2D eigenvalue weighted by atomic mass is 15.1. The van der Waals surface area contributed by atoms with Crippen molar-refractivity contribution in [2.45, 2.75) is 6.42 Å². The summed E-state index contributed by atoms with van der Waals surface area (Å²) in [4.78, 5) is 4.68. The van der Waals surface area contributed by atoms with Crippen LogP contribution in [0.25, 0.3) is 22.8 Å². The second-order valence-corrected chi connectivity index (χ2v) is 4.58. The second kappa shape index (κ2) is 3.57. The molecule has 0 saturated carbocycles. The molecule has 2 heterocycles. The fraction of sp³-hybridized carbons (Fsp3) is 0.0625. The molecule has 0 saturated heterocycles. The first-order chi connectivity index (χ1) is 8.92. The molecule has 86 valence electrons. The number of imidazole rings is 1. The van der Waals surface area contributed by atoms with Crippen molar-refractivity contribution in [3.05, 3.63) is 66.0 Å². The zero-order chi connectivity index (χ0) is 11.9. The summed E-state index contributed by atoms with van der Waals surface area (Å²) in [7, 11) is 0. The predicted molar refractivity (Wildman–Crippen MR) is 74.0 cm³/mol. The van der Waals surface area contributed by atoms with Crippen LogP contribution in [0.5, 0.6) is 0 Å². The van der Waals surface area contributed by atoms with Crippen molar-refractivity contribution >= 4 is 22.8 Å². The summed E-state index contributed by atoms with van der Waals surface area (Å²) in [5.74, 6) is 1.13. The lowest BCUT2D eigenvalue weighted by Gasteiger charge is -1.99. The van der Waals surface area contributed by atoms with E-state index in [0.717, 1.165) is 17.8 Å². The molecule has 0 spiro atoms. The van der Waals surface area contributed by atoms with Crippen LogP contribution in [0, 0.1) is 0 Å². The Kier molecular flexibility index (Phi) is 1.92. The van der Waals surface area contributed by atoms with Gasteiger partial charge in [0.15, 0.2) is 0 Å². The smallest absolute Gasteiger partial charge is 0.118 e. The van der Waals surface area contributed by atoms with Crippen LogP contribution in [-0.2, 0) is 6.42 Å². The zero-order valence-electron chi connectivity index (χ0n) is 9.88. The maximum atomic E-state index is 4.68. The Balaban J connectivity index is 1.88. The van der Waals surface area contributed by atoms with Crippen molar-refractivity contribution in [3.8, 4) is 0 Å². The Labute approximate surface area is 105 Å². The molecule has 0 amide bonds. The van der Waals surface area contributed by atoms with Crippen LogP contribution in [0.3, 0.4) is 0 Å². The number of allylic oxidation sites excluding steroid dienone is 1. The van der Waals surface area contributed by atoms with E-state index in [9.17, 15) is 0 Å². The Hall–Kier alpha value is -2.35. The lowest BCUT2D eigenvalue weighted by Crippen LogP contribution is -1.87. The zero-order valence-corrected chi connectivity index (χ0v) is 9.88. The number of para-hydroxylation sites is 2. The van der Waals surface area contributed by atoms with E-state index in [0.29, 0.717) is 0 Å². The summed E-state index contributed by atoms with van der Waals surface area (Å²) in [5.41, 5.74) is 4.89. The van der Waals surface area contributed by atoms with Gasteiger partial charge in [-0.2, -0.15) is 0 Å². The SMILES string of the molecule is C1=C(c2ccccc2)Cc2nc3ccccc3n21. The van der Waals surface area contributed by atoms with Gasteiger partial charge in [0.2, 0.25) is 0 Å². The number of nitrogens with zero attached hydrogens (tertiary/aromatic N) is 2. The van der Waals surface area contributed by atoms with E-state index < -0.39 is 0 Å². The van der Waals surface area contributed by atoms with Gasteiger partial charge in [-0.05, 0) is 23.3 Å². The van der Waals surface area contributed by atoms with Crippen molar-refractivity contribution < 1.29 is 0 Å². The Morgan fingerprint density at radius 3 is 2.56 bits per heavy atom. The molecule has 1 aliphatic heterocycles. The number of aromatic nitrogens is 2. The summed E-state index contributed by atoms with van der Waals surface area (Å²) in [5, 5.41) is 0. The highest BCUT2D eigenvalue weighted by molar-refractivity contribution is 5.87. The van der Waals surface area contributed by atoms with Gasteiger partial charge in [0.05, 0.1) is 11.0 Å². The van der Waals surface area contributed by atoms with Crippen LogP contribution >= 0.6 is 0 Å². The first-order valence-corrected chi connectivity index (χ1v) is 6.14. The number of benzene rings is 2. The molecular formula is C16H12N2. The third-order valence-electron chi connectivity index (χ3n) is 3.45. The van der Waals surface area contributed by atoms with Gasteiger partial charge in [-0.15, -0.1) is 0 Å². The normalized spacial score (nSPS) is 13.7. The molecule has 18 heavy (non-hydrogen) atoms. The van der Waals surface area contributed by atoms with E-state index in [4.69, 9.17) is 0 Å². The van der Waals surface area contributed by atoms with Gasteiger partial charge < -0.3 is 4.57 Å². The summed E-state index contributed by atoms with van der Waals surface area (Å²) in [6, 6.07) is 18.8. The third kappa shape index (κ3) is 1.32. The lowest BCUT2D eigenvalue weighted by atomic mass is 10.1. The topological polar surface area (TPSA) is 17.8 Å². The molecule has 2 nitrogen and oxygen atoms in total. The first-order valence-electron chi connectivity index (χ1n) is 6.14. The standard InChI is InChI=1S/C16H12N2/c1-2-6-12(7-3-1)13-10-16-17-14-8-4-5-9-15(14)18(16)11-13/h1-9,11H,10H2. The van der Waals surface area contributed by atoms with Crippen molar-refractivity contribution in [2.24, 2.45) is 0 Å². The lowest BCUT2D eigenvalue weighted by molar-refractivity contribution is 1.04. The van der Waals surface area contributed by atoms with Gasteiger partial charge in [-0.25, -0.2) is 4.98 Å². The molecule has 0 aliphatic carbocycles. The fourth-order valence-corrected chi connectivity index (χ4v) is 2.56. The summed E-state index contributed by atoms with van der Waals surface area (Å²) in [6.07, 6.45) is 3.12. The Morgan fingerprint density at radius 1 is 0.889 bits per heavy atom. The van der Waals surface area contributed by atoms with Gasteiger partial charge in [-0.3, -0.25) is 0 Å². The van der Waals surface area contributed by atoms with Crippen LogP contribution in [0.4, 0.5) is 0 Å². The van der Waals surface area contributed by atoms with Crippen molar-refractivity contribution in [1.82, 2.24) is 9.55 Å². The predicted octanol–water partition coefficient (Wildman–Crippen LogP) is 3.59. The van der Waals surface area contributed by atoms with Gasteiger partial charge in [0.25, 0.3) is 0 Å². The second-order valence-electron chi connectivity index (χ2n) is 4.58. The van der Waals surface area contributed by atoms with E-state index in [-0.39, 0.29) is 0 Å². The minimum atomic E-state index is 0.915. The quantitative estimate of drug-likeness (QED) is 0.627. The van der Waals surface area contributed by atoms with Gasteiger partial charge in [-0.1, -0.05) is 42.5 Å². The molecule has 0 radical (unpaired) electrons. The molecule has 0 fully saturated rings. The van der Waals surface area contributed by atoms with Crippen molar-refractivity contribution in [2.75, 3.05) is 0 Å². The monoisotopic (exact) mass is 232 g/mol. The van der Waals surface area contributed by atoms with Gasteiger partial charge in [0.1, 0.15) is 5.82 Å². The van der Waals surface area contributed by atoms with Crippen LogP contribution < -0.4 is 0 Å². The summed E-state index contributed by atoms with van der Waals surface area (Å²) < 4.78 is 2.21. The summed E-state index contributed by atoms with van der Waals surface area (Å²) >= 11 is 0. The van der Waals surface area contributed by atoms with Crippen molar-refractivity contribution in [3.63, 3.8) is 0 Å². The molecule has 2 heteroatoms. The molecule has 1 aromatic heterocycles. The van der Waals surface area contributed by atoms with Gasteiger partial charge >= 0.3 is 0 Å². The number of fused-ring (bicyclic) bond motifs is 3. The van der Waals surface area contributed by atoms with Crippen LogP contribution in [0.15, 0.2) is 54.6 Å². The maximum absolute atomic E-state index is 4.68. The molecule has 0 atom stereocenters. The van der Waals surface area contributed by atoms with Crippen LogP contribution in [0.2, 0.25) is 0 Å². The first kappa shape index (κ1) is 9.66. The van der Waals surface area contributed by atoms with E-state index in [1.165, 1.54) is 16.7 Å². The van der Waals surface area contributed by atoms with E-state index in [1.54, 1.807) is 0 Å². The van der Waals surface area contributed by atoms with Gasteiger partial charge in [0, 0.05) is 12.6 Å². The molecule has 3 aromatic rings. The van der Waals surface area contributed by atoms with E-state index in [2.05, 4.69) is 58.2 Å². The molecule has 0 N–H and O–H groups in total. The minimum Gasteiger partial charge on any atom is -0.303 e.